The number of hydrogen-bond acceptors (Lipinski definition) is 7. The van der Waals surface area contributed by atoms with Gasteiger partial charge in [-0.1, -0.05) is 0 Å². The summed E-state index contributed by atoms with van der Waals surface area (Å²) in [7, 11) is 1.49. The van der Waals surface area contributed by atoms with Gasteiger partial charge in [-0.25, -0.2) is 19.9 Å². The Balaban J connectivity index is 1.70. The van der Waals surface area contributed by atoms with Crippen molar-refractivity contribution in [1.29, 1.82) is 0 Å². The Morgan fingerprint density at radius 3 is 2.93 bits per heavy atom. The molecule has 9 nitrogen and oxygen atoms in total. The number of fused-ring (bicyclic) bond motifs is 1. The number of amides is 1. The molecule has 0 spiro atoms. The number of carbonyl (C=O) groups excluding carboxylic acids is 1. The summed E-state index contributed by atoms with van der Waals surface area (Å²) in [4.78, 5) is 42.3. The maximum atomic E-state index is 13.0. The van der Waals surface area contributed by atoms with Gasteiger partial charge in [0.2, 0.25) is 11.8 Å². The SMILES string of the molecule is COc1ncccc1NC(=O)C1CCCn2c1nc(-c1ccncn1)cc2=O. The summed E-state index contributed by atoms with van der Waals surface area (Å²) in [5.74, 6) is -0.0564. The van der Waals surface area contributed by atoms with Crippen LogP contribution in [0.2, 0.25) is 0 Å². The fourth-order valence-electron chi connectivity index (χ4n) is 3.29. The topological polar surface area (TPSA) is 112 Å². The number of ether oxygens (including phenoxy) is 1. The Bertz CT molecular complexity index is 1070. The molecule has 1 aliphatic rings. The second-order valence-electron chi connectivity index (χ2n) is 6.33. The van der Waals surface area contributed by atoms with E-state index in [0.717, 1.165) is 0 Å². The first-order chi connectivity index (χ1) is 13.7. The molecule has 0 aromatic carbocycles. The number of nitrogens with one attached hydrogen (secondary N) is 1. The molecule has 0 fully saturated rings. The number of anilines is 1. The summed E-state index contributed by atoms with van der Waals surface area (Å²) in [6.07, 6.45) is 5.87. The van der Waals surface area contributed by atoms with E-state index in [-0.39, 0.29) is 11.5 Å². The van der Waals surface area contributed by atoms with Crippen LogP contribution in [0.5, 0.6) is 5.88 Å². The van der Waals surface area contributed by atoms with E-state index in [0.29, 0.717) is 48.2 Å². The van der Waals surface area contributed by atoms with Crippen molar-refractivity contribution >= 4 is 11.6 Å². The van der Waals surface area contributed by atoms with Crippen molar-refractivity contribution in [2.75, 3.05) is 12.4 Å². The number of hydrogen-bond donors (Lipinski definition) is 1. The smallest absolute Gasteiger partial charge is 0.254 e. The first-order valence-corrected chi connectivity index (χ1v) is 8.85. The fraction of sp³-hybridized carbons (Fsp3) is 0.263. The molecule has 9 heteroatoms. The van der Waals surface area contributed by atoms with Crippen molar-refractivity contribution in [3.63, 3.8) is 0 Å². The van der Waals surface area contributed by atoms with E-state index in [1.54, 1.807) is 35.2 Å². The maximum Gasteiger partial charge on any atom is 0.254 e. The molecule has 1 N–H and O–H groups in total. The Morgan fingerprint density at radius 1 is 1.25 bits per heavy atom. The van der Waals surface area contributed by atoms with E-state index in [4.69, 9.17) is 4.74 Å². The highest BCUT2D eigenvalue weighted by atomic mass is 16.5. The van der Waals surface area contributed by atoms with E-state index >= 15 is 0 Å². The molecule has 142 valence electrons. The lowest BCUT2D eigenvalue weighted by atomic mass is 9.97. The standard InChI is InChI=1S/C19H18N6O3/c1-28-19-14(5-2-7-21-19)24-18(27)12-4-3-9-25-16(26)10-15(23-17(12)25)13-6-8-20-11-22-13/h2,5-8,10-12H,3-4,9H2,1H3,(H,24,27). The summed E-state index contributed by atoms with van der Waals surface area (Å²) in [6.45, 7) is 0.533. The summed E-state index contributed by atoms with van der Waals surface area (Å²) < 4.78 is 6.74. The van der Waals surface area contributed by atoms with Crippen LogP contribution in [0.3, 0.4) is 0 Å². The van der Waals surface area contributed by atoms with Crippen LogP contribution < -0.4 is 15.6 Å². The van der Waals surface area contributed by atoms with Gasteiger partial charge in [0.1, 0.15) is 17.8 Å². The number of rotatable bonds is 4. The van der Waals surface area contributed by atoms with Crippen molar-refractivity contribution in [3.8, 4) is 17.3 Å². The van der Waals surface area contributed by atoms with E-state index in [9.17, 15) is 9.59 Å². The van der Waals surface area contributed by atoms with Gasteiger partial charge in [-0.2, -0.15) is 0 Å². The highest BCUT2D eigenvalue weighted by Gasteiger charge is 2.30. The number of pyridine rings is 1. The average Bonchev–Trinajstić information content (AvgIpc) is 2.74. The van der Waals surface area contributed by atoms with Gasteiger partial charge in [0.15, 0.2) is 0 Å². The van der Waals surface area contributed by atoms with Crippen LogP contribution in [0.4, 0.5) is 5.69 Å². The zero-order valence-corrected chi connectivity index (χ0v) is 15.2. The van der Waals surface area contributed by atoms with Gasteiger partial charge in [-0.15, -0.1) is 0 Å². The molecule has 3 aromatic heterocycles. The molecule has 1 aliphatic heterocycles. The number of nitrogens with zero attached hydrogens (tertiary/aromatic N) is 5. The van der Waals surface area contributed by atoms with Gasteiger partial charge in [-0.3, -0.25) is 14.2 Å². The number of carbonyl (C=O) groups is 1. The fourth-order valence-corrected chi connectivity index (χ4v) is 3.29. The third kappa shape index (κ3) is 3.34. The van der Waals surface area contributed by atoms with Gasteiger partial charge in [-0.05, 0) is 31.0 Å². The quantitative estimate of drug-likeness (QED) is 0.734. The molecule has 0 saturated heterocycles. The Kier molecular flexibility index (Phi) is 4.79. The highest BCUT2D eigenvalue weighted by Crippen LogP contribution is 2.29. The minimum Gasteiger partial charge on any atom is -0.480 e. The molecular weight excluding hydrogens is 360 g/mol. The number of methoxy groups -OCH3 is 1. The summed E-state index contributed by atoms with van der Waals surface area (Å²) in [5, 5.41) is 2.84. The van der Waals surface area contributed by atoms with Crippen LogP contribution in [-0.2, 0) is 11.3 Å². The lowest BCUT2D eigenvalue weighted by molar-refractivity contribution is -0.118. The number of aromatic nitrogens is 5. The second kappa shape index (κ2) is 7.55. The largest absolute Gasteiger partial charge is 0.480 e. The van der Waals surface area contributed by atoms with Crippen LogP contribution >= 0.6 is 0 Å². The summed E-state index contributed by atoms with van der Waals surface area (Å²) >= 11 is 0. The lowest BCUT2D eigenvalue weighted by Gasteiger charge is -2.25. The second-order valence-corrected chi connectivity index (χ2v) is 6.33. The van der Waals surface area contributed by atoms with Crippen molar-refractivity contribution in [3.05, 3.63) is 59.2 Å². The molecule has 0 saturated carbocycles. The first kappa shape index (κ1) is 17.8. The van der Waals surface area contributed by atoms with Crippen LogP contribution in [0.1, 0.15) is 24.6 Å². The van der Waals surface area contributed by atoms with Crippen LogP contribution in [-0.4, -0.2) is 37.5 Å². The molecule has 0 aliphatic carbocycles. The molecule has 0 bridgehead atoms. The van der Waals surface area contributed by atoms with Crippen molar-refractivity contribution in [2.24, 2.45) is 0 Å². The molecule has 0 radical (unpaired) electrons. The Morgan fingerprint density at radius 2 is 2.14 bits per heavy atom. The third-order valence-corrected chi connectivity index (χ3v) is 4.61. The maximum absolute atomic E-state index is 13.0. The van der Waals surface area contributed by atoms with Gasteiger partial charge >= 0.3 is 0 Å². The van der Waals surface area contributed by atoms with Crippen molar-refractivity contribution < 1.29 is 9.53 Å². The molecule has 4 rings (SSSR count). The van der Waals surface area contributed by atoms with Crippen LogP contribution in [0.25, 0.3) is 11.4 Å². The zero-order valence-electron chi connectivity index (χ0n) is 15.2. The lowest BCUT2D eigenvalue weighted by Crippen LogP contribution is -2.35. The zero-order chi connectivity index (χ0) is 19.5. The monoisotopic (exact) mass is 378 g/mol. The van der Waals surface area contributed by atoms with E-state index in [1.807, 2.05) is 0 Å². The van der Waals surface area contributed by atoms with Crippen molar-refractivity contribution in [1.82, 2.24) is 24.5 Å². The van der Waals surface area contributed by atoms with Gasteiger partial charge in [0, 0.05) is 25.0 Å². The highest BCUT2D eigenvalue weighted by molar-refractivity contribution is 5.96. The molecule has 3 aromatic rings. The third-order valence-electron chi connectivity index (χ3n) is 4.61. The Labute approximate surface area is 160 Å². The Hall–Kier alpha value is -3.62. The normalized spacial score (nSPS) is 15.5. The van der Waals surface area contributed by atoms with Crippen LogP contribution in [0, 0.1) is 0 Å². The minimum atomic E-state index is -0.562. The van der Waals surface area contributed by atoms with E-state index in [2.05, 4.69) is 25.3 Å². The van der Waals surface area contributed by atoms with E-state index < -0.39 is 5.92 Å². The predicted molar refractivity (Wildman–Crippen MR) is 101 cm³/mol. The molecule has 1 amide bonds. The van der Waals surface area contributed by atoms with Gasteiger partial charge in [0.05, 0.1) is 24.4 Å². The van der Waals surface area contributed by atoms with Gasteiger partial charge in [0.25, 0.3) is 5.56 Å². The predicted octanol–water partition coefficient (Wildman–Crippen LogP) is 1.62. The van der Waals surface area contributed by atoms with Crippen molar-refractivity contribution in [2.45, 2.75) is 25.3 Å². The average molecular weight is 378 g/mol. The first-order valence-electron chi connectivity index (χ1n) is 8.85. The minimum absolute atomic E-state index is 0.199. The molecular formula is C19H18N6O3. The van der Waals surface area contributed by atoms with E-state index in [1.165, 1.54) is 19.5 Å². The van der Waals surface area contributed by atoms with Gasteiger partial charge < -0.3 is 10.1 Å². The summed E-state index contributed by atoms with van der Waals surface area (Å²) in [6, 6.07) is 6.54. The summed E-state index contributed by atoms with van der Waals surface area (Å²) in [5.41, 5.74) is 1.24. The molecule has 4 heterocycles. The molecule has 1 atom stereocenters. The molecule has 1 unspecified atom stereocenters. The molecule has 28 heavy (non-hydrogen) atoms. The van der Waals surface area contributed by atoms with Crippen LogP contribution in [0.15, 0.2) is 47.8 Å².